The summed E-state index contributed by atoms with van der Waals surface area (Å²) >= 11 is 3.16. The minimum Gasteiger partial charge on any atom is -0.445 e. The number of hydrogen-bond donors (Lipinski definition) is 1. The van der Waals surface area contributed by atoms with Gasteiger partial charge < -0.3 is 9.72 Å². The smallest absolute Gasteiger partial charge is 0.339 e. The van der Waals surface area contributed by atoms with Crippen molar-refractivity contribution >= 4 is 45.8 Å². The Morgan fingerprint density at radius 1 is 0.971 bits per heavy atom. The summed E-state index contributed by atoms with van der Waals surface area (Å²) in [4.78, 5) is 34.7. The molecular weight excluding hydrogens is 476 g/mol. The number of nitrogens with one attached hydrogen (secondary N) is 1. The van der Waals surface area contributed by atoms with Crippen LogP contribution in [0, 0.1) is 6.92 Å². The van der Waals surface area contributed by atoms with Crippen LogP contribution in [0.25, 0.3) is 10.9 Å². The Kier molecular flexibility index (Phi) is 6.79. The quantitative estimate of drug-likeness (QED) is 0.142. The van der Waals surface area contributed by atoms with Crippen molar-refractivity contribution in [3.05, 3.63) is 118 Å². The maximum atomic E-state index is 13.7. The molecule has 0 radical (unpaired) electrons. The number of aromatic amines is 1. The fraction of sp³-hybridized carbons (Fsp3) is 0.107. The van der Waals surface area contributed by atoms with Crippen LogP contribution in [0.2, 0.25) is 0 Å². The van der Waals surface area contributed by atoms with Gasteiger partial charge in [-0.2, -0.15) is 0 Å². The number of ether oxygens (including phenoxy) is 1. The SMILES string of the molecule is Cc1csc(SCc2ccccc2C(=O)O[C@H](C(=O)c2c[nH]c3ccccc23)c2ccccc2)n1. The first-order valence-corrected chi connectivity index (χ1v) is 13.0. The van der Waals surface area contributed by atoms with E-state index in [0.29, 0.717) is 22.4 Å². The molecule has 2 aromatic heterocycles. The molecule has 5 rings (SSSR count). The summed E-state index contributed by atoms with van der Waals surface area (Å²) in [5.74, 6) is -0.226. The van der Waals surface area contributed by atoms with Crippen LogP contribution in [-0.4, -0.2) is 21.7 Å². The van der Waals surface area contributed by atoms with Gasteiger partial charge in [0.2, 0.25) is 5.78 Å². The summed E-state index contributed by atoms with van der Waals surface area (Å²) in [7, 11) is 0. The van der Waals surface area contributed by atoms with Crippen molar-refractivity contribution in [1.82, 2.24) is 9.97 Å². The van der Waals surface area contributed by atoms with Gasteiger partial charge in [0.05, 0.1) is 5.56 Å². The van der Waals surface area contributed by atoms with Crippen molar-refractivity contribution in [3.63, 3.8) is 0 Å². The number of Topliss-reactive ketones (excluding diaryl/α,β-unsaturated/α-hetero) is 1. The first-order valence-electron chi connectivity index (χ1n) is 11.1. The summed E-state index contributed by atoms with van der Waals surface area (Å²) in [6.45, 7) is 1.96. The van der Waals surface area contributed by atoms with Crippen LogP contribution in [0.3, 0.4) is 0 Å². The number of hydrogen-bond acceptors (Lipinski definition) is 6. The predicted molar refractivity (Wildman–Crippen MR) is 140 cm³/mol. The second kappa shape index (κ2) is 10.3. The third-order valence-electron chi connectivity index (χ3n) is 5.61. The van der Waals surface area contributed by atoms with Crippen LogP contribution in [0.15, 0.2) is 94.8 Å². The standard InChI is InChI=1S/C28H22N2O3S2/c1-18-16-34-28(30-18)35-17-20-11-5-6-12-21(20)27(32)33-26(19-9-3-2-4-10-19)25(31)23-15-29-24-14-8-7-13-22(23)24/h2-16,26,29H,17H2,1H3/t26-/m0/s1. The second-order valence-corrected chi connectivity index (χ2v) is 10.1. The summed E-state index contributed by atoms with van der Waals surface area (Å²) in [6.07, 6.45) is 0.613. The first-order chi connectivity index (χ1) is 17.1. The highest BCUT2D eigenvalue weighted by Crippen LogP contribution is 2.30. The van der Waals surface area contributed by atoms with Crippen molar-refractivity contribution in [2.45, 2.75) is 23.1 Å². The van der Waals surface area contributed by atoms with Gasteiger partial charge in [-0.1, -0.05) is 78.5 Å². The maximum absolute atomic E-state index is 13.7. The molecule has 0 saturated heterocycles. The Balaban J connectivity index is 1.43. The molecule has 0 unspecified atom stereocenters. The van der Waals surface area contributed by atoms with E-state index in [-0.39, 0.29) is 5.78 Å². The van der Waals surface area contributed by atoms with Gasteiger partial charge in [0, 0.05) is 45.1 Å². The van der Waals surface area contributed by atoms with Gasteiger partial charge in [0.1, 0.15) is 4.34 Å². The number of para-hydroxylation sites is 1. The molecule has 0 spiro atoms. The molecule has 3 aromatic carbocycles. The van der Waals surface area contributed by atoms with E-state index < -0.39 is 12.1 Å². The number of thioether (sulfide) groups is 1. The summed E-state index contributed by atoms with van der Waals surface area (Å²) in [5, 5.41) is 2.80. The van der Waals surface area contributed by atoms with Crippen LogP contribution in [-0.2, 0) is 10.5 Å². The van der Waals surface area contributed by atoms with Gasteiger partial charge in [0.25, 0.3) is 0 Å². The van der Waals surface area contributed by atoms with Crippen LogP contribution in [0.5, 0.6) is 0 Å². The molecule has 35 heavy (non-hydrogen) atoms. The van der Waals surface area contributed by atoms with E-state index in [1.54, 1.807) is 53.6 Å². The van der Waals surface area contributed by atoms with Gasteiger partial charge in [-0.25, -0.2) is 9.78 Å². The van der Waals surface area contributed by atoms with E-state index in [9.17, 15) is 9.59 Å². The van der Waals surface area contributed by atoms with Crippen molar-refractivity contribution < 1.29 is 14.3 Å². The minimum absolute atomic E-state index is 0.271. The third kappa shape index (κ3) is 5.06. The Bertz CT molecular complexity index is 1490. The fourth-order valence-corrected chi connectivity index (χ4v) is 5.72. The first kappa shape index (κ1) is 23.1. The molecule has 1 N–H and O–H groups in total. The van der Waals surface area contributed by atoms with Crippen LogP contribution in [0.4, 0.5) is 0 Å². The molecule has 0 aliphatic carbocycles. The van der Waals surface area contributed by atoms with E-state index in [4.69, 9.17) is 4.74 Å². The molecule has 0 fully saturated rings. The molecule has 2 heterocycles. The Labute approximate surface area is 211 Å². The molecule has 0 saturated carbocycles. The van der Waals surface area contributed by atoms with E-state index in [1.807, 2.05) is 66.9 Å². The van der Waals surface area contributed by atoms with E-state index >= 15 is 0 Å². The van der Waals surface area contributed by atoms with E-state index in [0.717, 1.165) is 26.5 Å². The normalized spacial score (nSPS) is 11.9. The molecule has 0 amide bonds. The van der Waals surface area contributed by atoms with E-state index in [2.05, 4.69) is 9.97 Å². The fourth-order valence-electron chi connectivity index (χ4n) is 3.87. The average Bonchev–Trinajstić information content (AvgIpc) is 3.52. The zero-order valence-corrected chi connectivity index (χ0v) is 20.6. The Morgan fingerprint density at radius 2 is 1.71 bits per heavy atom. The monoisotopic (exact) mass is 498 g/mol. The number of aryl methyl sites for hydroxylation is 1. The lowest BCUT2D eigenvalue weighted by atomic mass is 9.99. The number of ketones is 1. The molecule has 7 heteroatoms. The number of H-pyrrole nitrogens is 1. The lowest BCUT2D eigenvalue weighted by Gasteiger charge is -2.18. The zero-order valence-electron chi connectivity index (χ0n) is 18.9. The molecule has 174 valence electrons. The molecular formula is C28H22N2O3S2. The maximum Gasteiger partial charge on any atom is 0.339 e. The molecule has 1 atom stereocenters. The van der Waals surface area contributed by atoms with Crippen molar-refractivity contribution in [1.29, 1.82) is 0 Å². The number of fused-ring (bicyclic) bond motifs is 1. The number of benzene rings is 3. The van der Waals surface area contributed by atoms with Gasteiger partial charge >= 0.3 is 5.97 Å². The number of carbonyl (C=O) groups excluding carboxylic acids is 2. The predicted octanol–water partition coefficient (Wildman–Crippen LogP) is 7.01. The van der Waals surface area contributed by atoms with Crippen LogP contribution >= 0.6 is 23.1 Å². The summed E-state index contributed by atoms with van der Waals surface area (Å²) < 4.78 is 6.88. The van der Waals surface area contributed by atoms with Crippen molar-refractivity contribution in [2.75, 3.05) is 0 Å². The van der Waals surface area contributed by atoms with Crippen LogP contribution in [0.1, 0.15) is 43.6 Å². The lowest BCUT2D eigenvalue weighted by Crippen LogP contribution is -2.21. The zero-order chi connectivity index (χ0) is 24.2. The highest BCUT2D eigenvalue weighted by Gasteiger charge is 2.29. The number of aromatic nitrogens is 2. The minimum atomic E-state index is -1.06. The van der Waals surface area contributed by atoms with Gasteiger partial charge in [0.15, 0.2) is 6.10 Å². The molecule has 0 aliphatic rings. The highest BCUT2D eigenvalue weighted by atomic mass is 32.2. The van der Waals surface area contributed by atoms with Crippen LogP contribution < -0.4 is 0 Å². The molecule has 5 aromatic rings. The largest absolute Gasteiger partial charge is 0.445 e. The number of carbonyl (C=O) groups is 2. The van der Waals surface area contributed by atoms with Crippen molar-refractivity contribution in [3.8, 4) is 0 Å². The molecule has 0 aliphatic heterocycles. The molecule has 0 bridgehead atoms. The summed E-state index contributed by atoms with van der Waals surface area (Å²) in [6, 6.07) is 24.1. The van der Waals surface area contributed by atoms with Gasteiger partial charge in [-0.3, -0.25) is 4.79 Å². The number of thiazole rings is 1. The molecule has 5 nitrogen and oxygen atoms in total. The van der Waals surface area contributed by atoms with Gasteiger partial charge in [-0.05, 0) is 24.6 Å². The number of nitrogens with zero attached hydrogens (tertiary/aromatic N) is 1. The van der Waals surface area contributed by atoms with Crippen molar-refractivity contribution in [2.24, 2.45) is 0 Å². The van der Waals surface area contributed by atoms with Gasteiger partial charge in [-0.15, -0.1) is 11.3 Å². The topological polar surface area (TPSA) is 72.1 Å². The summed E-state index contributed by atoms with van der Waals surface area (Å²) in [5.41, 5.74) is 4.23. The Morgan fingerprint density at radius 3 is 2.51 bits per heavy atom. The lowest BCUT2D eigenvalue weighted by molar-refractivity contribution is 0.0280. The third-order valence-corrected chi connectivity index (χ3v) is 7.79. The van der Waals surface area contributed by atoms with E-state index in [1.165, 1.54) is 0 Å². The number of rotatable bonds is 8. The number of esters is 1. The highest BCUT2D eigenvalue weighted by molar-refractivity contribution is 8.00. The Hall–Kier alpha value is -3.68. The average molecular weight is 499 g/mol. The second-order valence-electron chi connectivity index (χ2n) is 8.01.